The summed E-state index contributed by atoms with van der Waals surface area (Å²) in [6, 6.07) is 9.14. The van der Waals surface area contributed by atoms with Gasteiger partial charge in [-0.05, 0) is 41.6 Å². The molecule has 3 amide bonds. The van der Waals surface area contributed by atoms with Gasteiger partial charge in [0.1, 0.15) is 6.54 Å². The van der Waals surface area contributed by atoms with Crippen molar-refractivity contribution >= 4 is 63.8 Å². The third-order valence-corrected chi connectivity index (χ3v) is 5.69. The number of para-hydroxylation sites is 1. The molecule has 0 aromatic heterocycles. The van der Waals surface area contributed by atoms with Crippen molar-refractivity contribution in [1.29, 1.82) is 0 Å². The van der Waals surface area contributed by atoms with E-state index in [1.165, 1.54) is 18.2 Å². The number of alkyl halides is 3. The van der Waals surface area contributed by atoms with Gasteiger partial charge in [0.2, 0.25) is 5.91 Å². The molecule has 1 aliphatic rings. The first-order valence-corrected chi connectivity index (χ1v) is 9.80. The van der Waals surface area contributed by atoms with Crippen LogP contribution in [0.25, 0.3) is 6.08 Å². The largest absolute Gasteiger partial charge is 0.418 e. The van der Waals surface area contributed by atoms with Crippen molar-refractivity contribution in [3.8, 4) is 0 Å². The molecule has 1 N–H and O–H groups in total. The van der Waals surface area contributed by atoms with E-state index >= 15 is 0 Å². The van der Waals surface area contributed by atoms with Gasteiger partial charge in [0.15, 0.2) is 0 Å². The van der Waals surface area contributed by atoms with Gasteiger partial charge in [-0.25, -0.2) is 0 Å². The zero-order chi connectivity index (χ0) is 22.1. The lowest BCUT2D eigenvalue weighted by atomic mass is 10.1. The van der Waals surface area contributed by atoms with Gasteiger partial charge in [0.25, 0.3) is 11.1 Å². The van der Waals surface area contributed by atoms with Crippen LogP contribution in [0.2, 0.25) is 10.0 Å². The third kappa shape index (κ3) is 4.80. The van der Waals surface area contributed by atoms with Crippen LogP contribution in [0, 0.1) is 0 Å². The van der Waals surface area contributed by atoms with Crippen LogP contribution in [0.3, 0.4) is 0 Å². The van der Waals surface area contributed by atoms with E-state index in [4.69, 9.17) is 23.2 Å². The maximum atomic E-state index is 13.0. The maximum Gasteiger partial charge on any atom is 0.418 e. The maximum absolute atomic E-state index is 13.0. The minimum atomic E-state index is -4.68. The van der Waals surface area contributed by atoms with Gasteiger partial charge in [0.05, 0.1) is 26.2 Å². The Balaban J connectivity index is 1.76. The predicted octanol–water partition coefficient (Wildman–Crippen LogP) is 5.69. The van der Waals surface area contributed by atoms with Crippen LogP contribution in [-0.2, 0) is 15.8 Å². The van der Waals surface area contributed by atoms with Gasteiger partial charge >= 0.3 is 6.18 Å². The quantitative estimate of drug-likeness (QED) is 0.578. The summed E-state index contributed by atoms with van der Waals surface area (Å²) in [6.07, 6.45) is -3.32. The highest BCUT2D eigenvalue weighted by Gasteiger charge is 2.37. The fourth-order valence-corrected chi connectivity index (χ4v) is 3.77. The highest BCUT2D eigenvalue weighted by molar-refractivity contribution is 8.18. The molecule has 1 aliphatic heterocycles. The van der Waals surface area contributed by atoms with E-state index in [2.05, 4.69) is 5.32 Å². The Morgan fingerprint density at radius 2 is 1.80 bits per heavy atom. The molecule has 0 saturated carbocycles. The molecule has 0 radical (unpaired) electrons. The minimum Gasteiger partial charge on any atom is -0.324 e. The van der Waals surface area contributed by atoms with Gasteiger partial charge in [-0.1, -0.05) is 47.5 Å². The summed E-state index contributed by atoms with van der Waals surface area (Å²) in [5.41, 5.74) is -1.11. The number of anilines is 1. The zero-order valence-electron chi connectivity index (χ0n) is 14.8. The molecule has 11 heteroatoms. The number of nitrogens with zero attached hydrogens (tertiary/aromatic N) is 1. The Morgan fingerprint density at radius 3 is 2.50 bits per heavy atom. The Bertz CT molecular complexity index is 1070. The first kappa shape index (κ1) is 22.2. The zero-order valence-corrected chi connectivity index (χ0v) is 17.1. The van der Waals surface area contributed by atoms with Crippen LogP contribution in [0.5, 0.6) is 0 Å². The number of carbonyl (C=O) groups excluding carboxylic acids is 3. The van der Waals surface area contributed by atoms with Gasteiger partial charge in [-0.2, -0.15) is 13.2 Å². The Morgan fingerprint density at radius 1 is 1.10 bits per heavy atom. The number of thioether (sulfide) groups is 1. The van der Waals surface area contributed by atoms with Gasteiger partial charge in [0, 0.05) is 0 Å². The highest BCUT2D eigenvalue weighted by atomic mass is 35.5. The molecule has 0 spiro atoms. The predicted molar refractivity (Wildman–Crippen MR) is 109 cm³/mol. The number of halogens is 5. The molecule has 3 rings (SSSR count). The number of carbonyl (C=O) groups is 3. The summed E-state index contributed by atoms with van der Waals surface area (Å²) in [7, 11) is 0. The molecule has 2 aromatic rings. The Labute approximate surface area is 182 Å². The summed E-state index contributed by atoms with van der Waals surface area (Å²) in [5.74, 6) is -1.71. The molecule has 156 valence electrons. The van der Waals surface area contributed by atoms with Crippen molar-refractivity contribution in [2.75, 3.05) is 11.9 Å². The van der Waals surface area contributed by atoms with Crippen molar-refractivity contribution in [3.63, 3.8) is 0 Å². The van der Waals surface area contributed by atoms with Crippen LogP contribution in [-0.4, -0.2) is 28.5 Å². The van der Waals surface area contributed by atoms with Gasteiger partial charge in [-0.3, -0.25) is 19.3 Å². The fourth-order valence-electron chi connectivity index (χ4n) is 2.58. The molecule has 30 heavy (non-hydrogen) atoms. The lowest BCUT2D eigenvalue weighted by molar-refractivity contribution is -0.137. The summed E-state index contributed by atoms with van der Waals surface area (Å²) in [5, 5.41) is 1.81. The number of rotatable bonds is 4. The summed E-state index contributed by atoms with van der Waals surface area (Å²) >= 11 is 12.6. The summed E-state index contributed by atoms with van der Waals surface area (Å²) < 4.78 is 39.1. The van der Waals surface area contributed by atoms with Crippen LogP contribution in [0.15, 0.2) is 47.4 Å². The first-order valence-electron chi connectivity index (χ1n) is 8.23. The average molecular weight is 475 g/mol. The van der Waals surface area contributed by atoms with Crippen molar-refractivity contribution < 1.29 is 27.6 Å². The summed E-state index contributed by atoms with van der Waals surface area (Å²) in [6.45, 7) is -0.739. The van der Waals surface area contributed by atoms with Crippen LogP contribution in [0.4, 0.5) is 23.7 Å². The molecule has 2 aromatic carbocycles. The van der Waals surface area contributed by atoms with Crippen molar-refractivity contribution in [2.45, 2.75) is 6.18 Å². The molecule has 0 aliphatic carbocycles. The normalized spacial score (nSPS) is 15.8. The Kier molecular flexibility index (Phi) is 6.44. The molecule has 0 unspecified atom stereocenters. The van der Waals surface area contributed by atoms with Crippen molar-refractivity contribution in [2.24, 2.45) is 0 Å². The van der Waals surface area contributed by atoms with Crippen LogP contribution < -0.4 is 5.32 Å². The van der Waals surface area contributed by atoms with E-state index < -0.39 is 41.0 Å². The molecule has 5 nitrogen and oxygen atoms in total. The lowest BCUT2D eigenvalue weighted by Crippen LogP contribution is -2.36. The topological polar surface area (TPSA) is 66.5 Å². The molecule has 1 saturated heterocycles. The van der Waals surface area contributed by atoms with Crippen molar-refractivity contribution in [3.05, 3.63) is 68.5 Å². The van der Waals surface area contributed by atoms with E-state index in [1.54, 1.807) is 18.2 Å². The van der Waals surface area contributed by atoms with E-state index in [1.807, 2.05) is 0 Å². The number of hydrogen-bond acceptors (Lipinski definition) is 4. The third-order valence-electron chi connectivity index (χ3n) is 3.95. The molecule has 0 bridgehead atoms. The van der Waals surface area contributed by atoms with E-state index in [0.29, 0.717) is 22.2 Å². The standard InChI is InChI=1S/C19H11Cl2F3N2O3S/c20-12-6-3-4-10(16(12)21)8-14-17(28)26(18(29)30-14)9-15(27)25-13-7-2-1-5-11(13)19(22,23)24/h1-8H,9H2,(H,25,27)/b14-8-. The SMILES string of the molecule is O=C(CN1C(=O)S/C(=C\c2cccc(Cl)c2Cl)C1=O)Nc1ccccc1C(F)(F)F. The fraction of sp³-hybridized carbons (Fsp3) is 0.105. The Hall–Kier alpha value is -2.49. The smallest absolute Gasteiger partial charge is 0.324 e. The highest BCUT2D eigenvalue weighted by Crippen LogP contribution is 2.36. The minimum absolute atomic E-state index is 0.00709. The van der Waals surface area contributed by atoms with Gasteiger partial charge < -0.3 is 5.32 Å². The second-order valence-electron chi connectivity index (χ2n) is 6.00. The first-order chi connectivity index (χ1) is 14.1. The lowest BCUT2D eigenvalue weighted by Gasteiger charge is -2.15. The number of benzene rings is 2. The van der Waals surface area contributed by atoms with Crippen molar-refractivity contribution in [1.82, 2.24) is 4.90 Å². The second kappa shape index (κ2) is 8.71. The van der Waals surface area contributed by atoms with Crippen LogP contribution >= 0.6 is 35.0 Å². The number of hydrogen-bond donors (Lipinski definition) is 1. The van der Waals surface area contributed by atoms with Gasteiger partial charge in [-0.15, -0.1) is 0 Å². The van der Waals surface area contributed by atoms with E-state index in [-0.39, 0.29) is 15.0 Å². The number of imide groups is 1. The molecule has 0 atom stereocenters. The van der Waals surface area contributed by atoms with Crippen LogP contribution in [0.1, 0.15) is 11.1 Å². The monoisotopic (exact) mass is 474 g/mol. The molecular formula is C19H11Cl2F3N2O3S. The molecular weight excluding hydrogens is 464 g/mol. The average Bonchev–Trinajstić information content (AvgIpc) is 2.92. The van der Waals surface area contributed by atoms with E-state index in [9.17, 15) is 27.6 Å². The number of amides is 3. The number of nitrogens with one attached hydrogen (secondary N) is 1. The second-order valence-corrected chi connectivity index (χ2v) is 7.78. The summed E-state index contributed by atoms with van der Waals surface area (Å²) in [4.78, 5) is 37.5. The molecule has 1 fully saturated rings. The van der Waals surface area contributed by atoms with E-state index in [0.717, 1.165) is 12.1 Å². The molecule has 1 heterocycles.